The predicted octanol–water partition coefficient (Wildman–Crippen LogP) is 4.37. The number of hydrogen-bond donors (Lipinski definition) is 0. The second-order valence-corrected chi connectivity index (χ2v) is 5.14. The lowest BCUT2D eigenvalue weighted by molar-refractivity contribution is 1.49. The highest BCUT2D eigenvalue weighted by Gasteiger charge is 2.06. The molecule has 5 heteroatoms. The molecule has 0 aliphatic carbocycles. The van der Waals surface area contributed by atoms with E-state index in [1.54, 1.807) is 6.07 Å². The van der Waals surface area contributed by atoms with Gasteiger partial charge in [0.1, 0.15) is 5.52 Å². The number of benzene rings is 1. The van der Waals surface area contributed by atoms with E-state index in [2.05, 4.69) is 20.9 Å². The molecule has 0 saturated heterocycles. The molecule has 1 heterocycles. The highest BCUT2D eigenvalue weighted by molar-refractivity contribution is 9.10. The summed E-state index contributed by atoms with van der Waals surface area (Å²) in [5.74, 6) is 0. The van der Waals surface area contributed by atoms with Crippen LogP contribution >= 0.6 is 50.5 Å². The SMILES string of the molecule is Clc1nc2c(Cl)cc(Br)cc2s1. The Hall–Kier alpha value is 0.170. The van der Waals surface area contributed by atoms with Crippen LogP contribution in [0.3, 0.4) is 0 Å². The van der Waals surface area contributed by atoms with Crippen LogP contribution in [0, 0.1) is 0 Å². The van der Waals surface area contributed by atoms with Crippen molar-refractivity contribution in [2.45, 2.75) is 0 Å². The molecular weight excluding hydrogens is 281 g/mol. The van der Waals surface area contributed by atoms with Gasteiger partial charge in [0.25, 0.3) is 0 Å². The summed E-state index contributed by atoms with van der Waals surface area (Å²) in [7, 11) is 0. The summed E-state index contributed by atoms with van der Waals surface area (Å²) in [6.07, 6.45) is 0. The van der Waals surface area contributed by atoms with E-state index in [0.29, 0.717) is 9.49 Å². The fraction of sp³-hybridized carbons (Fsp3) is 0. The third-order valence-corrected chi connectivity index (χ3v) is 3.24. The van der Waals surface area contributed by atoms with Gasteiger partial charge in [-0.1, -0.05) is 39.1 Å². The van der Waals surface area contributed by atoms with E-state index in [1.807, 2.05) is 6.07 Å². The molecule has 62 valence electrons. The maximum absolute atomic E-state index is 5.93. The largest absolute Gasteiger partial charge is 0.223 e. The van der Waals surface area contributed by atoms with Crippen LogP contribution in [0.2, 0.25) is 9.49 Å². The second-order valence-electron chi connectivity index (χ2n) is 2.20. The van der Waals surface area contributed by atoms with E-state index in [1.165, 1.54) is 11.3 Å². The Bertz CT molecular complexity index is 440. The van der Waals surface area contributed by atoms with Crippen molar-refractivity contribution in [2.24, 2.45) is 0 Å². The van der Waals surface area contributed by atoms with Crippen molar-refractivity contribution in [2.75, 3.05) is 0 Å². The highest BCUT2D eigenvalue weighted by Crippen LogP contribution is 2.33. The van der Waals surface area contributed by atoms with E-state index in [9.17, 15) is 0 Å². The average Bonchev–Trinajstić information content (AvgIpc) is 2.29. The summed E-state index contributed by atoms with van der Waals surface area (Å²) in [5, 5.41) is 0.627. The first-order valence-corrected chi connectivity index (χ1v) is 5.44. The first-order valence-electron chi connectivity index (χ1n) is 3.08. The molecule has 1 aromatic carbocycles. The molecular formula is C7H2BrCl2NS. The van der Waals surface area contributed by atoms with E-state index in [-0.39, 0.29) is 0 Å². The number of thiazole rings is 1. The molecule has 1 nitrogen and oxygen atoms in total. The Kier molecular flexibility index (Phi) is 2.29. The second kappa shape index (κ2) is 3.14. The fourth-order valence-corrected chi connectivity index (χ4v) is 3.08. The van der Waals surface area contributed by atoms with E-state index in [0.717, 1.165) is 14.7 Å². The summed E-state index contributed by atoms with van der Waals surface area (Å²) >= 11 is 16.4. The van der Waals surface area contributed by atoms with E-state index < -0.39 is 0 Å². The van der Waals surface area contributed by atoms with Crippen LogP contribution in [0.15, 0.2) is 16.6 Å². The van der Waals surface area contributed by atoms with Crippen molar-refractivity contribution in [1.29, 1.82) is 0 Å². The predicted molar refractivity (Wildman–Crippen MR) is 57.3 cm³/mol. The van der Waals surface area contributed by atoms with Crippen molar-refractivity contribution >= 4 is 60.7 Å². The van der Waals surface area contributed by atoms with Crippen LogP contribution in [0.1, 0.15) is 0 Å². The van der Waals surface area contributed by atoms with Crippen molar-refractivity contribution in [3.8, 4) is 0 Å². The van der Waals surface area contributed by atoms with Gasteiger partial charge in [-0.2, -0.15) is 0 Å². The first kappa shape index (κ1) is 8.75. The van der Waals surface area contributed by atoms with Gasteiger partial charge in [-0.3, -0.25) is 0 Å². The van der Waals surface area contributed by atoms with Crippen molar-refractivity contribution in [1.82, 2.24) is 4.98 Å². The molecule has 0 radical (unpaired) electrons. The lowest BCUT2D eigenvalue weighted by atomic mass is 10.3. The van der Waals surface area contributed by atoms with E-state index >= 15 is 0 Å². The fourth-order valence-electron chi connectivity index (χ4n) is 0.930. The van der Waals surface area contributed by atoms with Gasteiger partial charge in [0.05, 0.1) is 9.72 Å². The number of rotatable bonds is 0. The Morgan fingerprint density at radius 1 is 1.33 bits per heavy atom. The van der Waals surface area contributed by atoms with Gasteiger partial charge in [-0.05, 0) is 12.1 Å². The van der Waals surface area contributed by atoms with E-state index in [4.69, 9.17) is 23.2 Å². The molecule has 0 saturated carbocycles. The van der Waals surface area contributed by atoms with Gasteiger partial charge in [-0.25, -0.2) is 4.98 Å². The molecule has 1 aromatic heterocycles. The number of hydrogen-bond acceptors (Lipinski definition) is 2. The van der Waals surface area contributed by atoms with Gasteiger partial charge < -0.3 is 0 Å². The third-order valence-electron chi connectivity index (χ3n) is 1.39. The number of aromatic nitrogens is 1. The minimum Gasteiger partial charge on any atom is -0.223 e. The number of halogens is 3. The molecule has 0 atom stereocenters. The van der Waals surface area contributed by atoms with Crippen LogP contribution < -0.4 is 0 Å². The molecule has 12 heavy (non-hydrogen) atoms. The van der Waals surface area contributed by atoms with Crippen LogP contribution in [0.5, 0.6) is 0 Å². The molecule has 0 aliphatic heterocycles. The van der Waals surface area contributed by atoms with Crippen molar-refractivity contribution in [3.05, 3.63) is 26.1 Å². The lowest BCUT2D eigenvalue weighted by Crippen LogP contribution is -1.70. The monoisotopic (exact) mass is 281 g/mol. The van der Waals surface area contributed by atoms with Crippen molar-refractivity contribution in [3.63, 3.8) is 0 Å². The topological polar surface area (TPSA) is 12.9 Å². The molecule has 0 spiro atoms. The number of fused-ring (bicyclic) bond motifs is 1. The Labute approximate surface area is 91.4 Å². The molecule has 0 unspecified atom stereocenters. The highest BCUT2D eigenvalue weighted by atomic mass is 79.9. The molecule has 2 aromatic rings. The normalized spacial score (nSPS) is 10.9. The number of nitrogens with zero attached hydrogens (tertiary/aromatic N) is 1. The summed E-state index contributed by atoms with van der Waals surface area (Å²) in [5.41, 5.74) is 0.773. The lowest BCUT2D eigenvalue weighted by Gasteiger charge is -1.92. The molecule has 0 N–H and O–H groups in total. The summed E-state index contributed by atoms with van der Waals surface area (Å²) in [6, 6.07) is 3.75. The van der Waals surface area contributed by atoms with Crippen LogP contribution in [0.4, 0.5) is 0 Å². The van der Waals surface area contributed by atoms with Crippen LogP contribution in [-0.4, -0.2) is 4.98 Å². The molecule has 0 aliphatic rings. The van der Waals surface area contributed by atoms with Crippen LogP contribution in [-0.2, 0) is 0 Å². The van der Waals surface area contributed by atoms with Gasteiger partial charge in [-0.15, -0.1) is 11.3 Å². The maximum Gasteiger partial charge on any atom is 0.184 e. The Morgan fingerprint density at radius 3 is 2.83 bits per heavy atom. The third kappa shape index (κ3) is 1.46. The first-order chi connectivity index (χ1) is 5.66. The average molecular weight is 283 g/mol. The zero-order chi connectivity index (χ0) is 8.72. The van der Waals surface area contributed by atoms with Gasteiger partial charge in [0.2, 0.25) is 0 Å². The standard InChI is InChI=1S/C7H2BrCl2NS/c8-3-1-4(9)6-5(2-3)12-7(10)11-6/h1-2H. The summed E-state index contributed by atoms with van der Waals surface area (Å²) < 4.78 is 2.46. The Balaban J connectivity index is 2.88. The zero-order valence-corrected chi connectivity index (χ0v) is 9.56. The van der Waals surface area contributed by atoms with Gasteiger partial charge >= 0.3 is 0 Å². The quantitative estimate of drug-likeness (QED) is 0.699. The van der Waals surface area contributed by atoms with Crippen molar-refractivity contribution < 1.29 is 0 Å². The van der Waals surface area contributed by atoms with Gasteiger partial charge in [0, 0.05) is 4.47 Å². The molecule has 2 rings (SSSR count). The molecule has 0 fully saturated rings. The zero-order valence-electron chi connectivity index (χ0n) is 5.64. The minimum absolute atomic E-state index is 0.519. The smallest absolute Gasteiger partial charge is 0.184 e. The maximum atomic E-state index is 5.93. The Morgan fingerprint density at radius 2 is 2.08 bits per heavy atom. The van der Waals surface area contributed by atoms with Crippen LogP contribution in [0.25, 0.3) is 10.2 Å². The summed E-state index contributed by atoms with van der Waals surface area (Å²) in [4.78, 5) is 4.08. The minimum atomic E-state index is 0.519. The molecule has 0 amide bonds. The molecule has 0 bridgehead atoms. The van der Waals surface area contributed by atoms with Gasteiger partial charge in [0.15, 0.2) is 4.47 Å². The summed E-state index contributed by atoms with van der Waals surface area (Å²) in [6.45, 7) is 0.